The lowest BCUT2D eigenvalue weighted by Crippen LogP contribution is -2.52. The van der Waals surface area contributed by atoms with Crippen LogP contribution in [0.3, 0.4) is 0 Å². The van der Waals surface area contributed by atoms with E-state index in [1.54, 1.807) is 6.07 Å². The largest absolute Gasteiger partial charge is 0.360 e. The molecule has 1 fully saturated rings. The van der Waals surface area contributed by atoms with E-state index < -0.39 is 0 Å². The lowest BCUT2D eigenvalue weighted by Gasteiger charge is -2.33. The average Bonchev–Trinajstić information content (AvgIpc) is 2.77. The van der Waals surface area contributed by atoms with Gasteiger partial charge in [-0.05, 0) is 6.92 Å². The number of halogens is 1. The van der Waals surface area contributed by atoms with Crippen LogP contribution in [0.4, 0.5) is 0 Å². The van der Waals surface area contributed by atoms with Gasteiger partial charge in [0.25, 0.3) is 5.91 Å². The van der Waals surface area contributed by atoms with Crippen molar-refractivity contribution < 1.29 is 9.32 Å². The molecule has 1 aromatic heterocycles. The Labute approximate surface area is 120 Å². The number of hydrogen-bond donors (Lipinski definition) is 1. The third-order valence-electron chi connectivity index (χ3n) is 3.23. The second kappa shape index (κ2) is 5.92. The van der Waals surface area contributed by atoms with Gasteiger partial charge in [-0.25, -0.2) is 0 Å². The van der Waals surface area contributed by atoms with Crippen LogP contribution >= 0.6 is 12.4 Å². The van der Waals surface area contributed by atoms with Gasteiger partial charge in [0.1, 0.15) is 5.76 Å². The number of nitrogens with one attached hydrogen (secondary N) is 1. The zero-order valence-corrected chi connectivity index (χ0v) is 12.7. The molecular formula is C13H22ClN3O2. The maximum Gasteiger partial charge on any atom is 0.276 e. The van der Waals surface area contributed by atoms with E-state index >= 15 is 0 Å². The van der Waals surface area contributed by atoms with Crippen molar-refractivity contribution in [2.45, 2.75) is 39.2 Å². The standard InChI is InChI=1S/C13H21N3O2.ClH/c1-9-8-14-5-6-16(9)12(17)10-7-11(18-15-10)13(2,3)4;/h7,9,14H,5-6,8H2,1-4H3;1H/t9-;/m0./s1. The summed E-state index contributed by atoms with van der Waals surface area (Å²) >= 11 is 0. The van der Waals surface area contributed by atoms with Crippen LogP contribution in [0.15, 0.2) is 10.6 Å². The molecule has 1 aliphatic rings. The maximum atomic E-state index is 12.3. The average molecular weight is 288 g/mol. The smallest absolute Gasteiger partial charge is 0.276 e. The molecule has 0 radical (unpaired) electrons. The first-order valence-electron chi connectivity index (χ1n) is 6.38. The SMILES string of the molecule is C[C@H]1CNCCN1C(=O)c1cc(C(C)(C)C)on1.Cl. The Morgan fingerprint density at radius 2 is 2.21 bits per heavy atom. The van der Waals surface area contributed by atoms with Gasteiger partial charge in [0.15, 0.2) is 5.69 Å². The van der Waals surface area contributed by atoms with Gasteiger partial charge in [-0.1, -0.05) is 25.9 Å². The molecule has 6 heteroatoms. The highest BCUT2D eigenvalue weighted by molar-refractivity contribution is 5.92. The summed E-state index contributed by atoms with van der Waals surface area (Å²) in [5, 5.41) is 7.17. The number of aromatic nitrogens is 1. The Morgan fingerprint density at radius 1 is 1.53 bits per heavy atom. The van der Waals surface area contributed by atoms with Gasteiger partial charge in [0, 0.05) is 37.2 Å². The van der Waals surface area contributed by atoms with Gasteiger partial charge in [0.05, 0.1) is 0 Å². The van der Waals surface area contributed by atoms with Crippen LogP contribution in [0.5, 0.6) is 0 Å². The van der Waals surface area contributed by atoms with Crippen molar-refractivity contribution in [3.63, 3.8) is 0 Å². The van der Waals surface area contributed by atoms with E-state index in [0.717, 1.165) is 25.4 Å². The lowest BCUT2D eigenvalue weighted by atomic mass is 9.93. The number of carbonyl (C=O) groups excluding carboxylic acids is 1. The molecule has 1 aromatic rings. The van der Waals surface area contributed by atoms with Crippen molar-refractivity contribution in [2.75, 3.05) is 19.6 Å². The molecule has 0 saturated carbocycles. The Hall–Kier alpha value is -1.07. The molecule has 1 aliphatic heterocycles. The van der Waals surface area contributed by atoms with E-state index in [-0.39, 0.29) is 29.8 Å². The van der Waals surface area contributed by atoms with Gasteiger partial charge >= 0.3 is 0 Å². The molecule has 0 unspecified atom stereocenters. The summed E-state index contributed by atoms with van der Waals surface area (Å²) in [6.45, 7) is 10.5. The van der Waals surface area contributed by atoms with E-state index in [4.69, 9.17) is 4.52 Å². The third-order valence-corrected chi connectivity index (χ3v) is 3.23. The molecule has 19 heavy (non-hydrogen) atoms. The second-order valence-electron chi connectivity index (χ2n) is 5.88. The first-order chi connectivity index (χ1) is 8.39. The summed E-state index contributed by atoms with van der Waals surface area (Å²) in [6, 6.07) is 1.96. The molecule has 1 amide bonds. The Morgan fingerprint density at radius 3 is 2.74 bits per heavy atom. The van der Waals surface area contributed by atoms with Crippen molar-refractivity contribution in [2.24, 2.45) is 0 Å². The highest BCUT2D eigenvalue weighted by atomic mass is 35.5. The number of amides is 1. The predicted octanol–water partition coefficient (Wildman–Crippen LogP) is 1.83. The van der Waals surface area contributed by atoms with Crippen LogP contribution in [-0.4, -0.2) is 41.6 Å². The number of nitrogens with zero attached hydrogens (tertiary/aromatic N) is 2. The van der Waals surface area contributed by atoms with Crippen LogP contribution in [0, 0.1) is 0 Å². The van der Waals surface area contributed by atoms with Crippen LogP contribution in [-0.2, 0) is 5.41 Å². The summed E-state index contributed by atoms with van der Waals surface area (Å²) in [5.41, 5.74) is 0.286. The Balaban J connectivity index is 0.00000180. The van der Waals surface area contributed by atoms with E-state index in [0.29, 0.717) is 5.69 Å². The zero-order valence-electron chi connectivity index (χ0n) is 11.9. The van der Waals surface area contributed by atoms with Crippen LogP contribution in [0.2, 0.25) is 0 Å². The molecule has 0 spiro atoms. The maximum absolute atomic E-state index is 12.3. The van der Waals surface area contributed by atoms with Gasteiger partial charge in [-0.3, -0.25) is 4.79 Å². The predicted molar refractivity (Wildman–Crippen MR) is 75.8 cm³/mol. The Kier molecular flexibility index (Phi) is 4.98. The number of piperazine rings is 1. The Bertz CT molecular complexity index is 439. The molecule has 1 atom stereocenters. The summed E-state index contributed by atoms with van der Waals surface area (Å²) in [6.07, 6.45) is 0. The molecule has 1 saturated heterocycles. The number of hydrogen-bond acceptors (Lipinski definition) is 4. The first-order valence-corrected chi connectivity index (χ1v) is 6.38. The van der Waals surface area contributed by atoms with Crippen LogP contribution in [0.1, 0.15) is 43.9 Å². The molecule has 0 bridgehead atoms. The van der Waals surface area contributed by atoms with E-state index in [2.05, 4.69) is 10.5 Å². The molecule has 5 nitrogen and oxygen atoms in total. The normalized spacial score (nSPS) is 20.0. The van der Waals surface area contributed by atoms with Crippen LogP contribution in [0.25, 0.3) is 0 Å². The molecule has 0 aromatic carbocycles. The van der Waals surface area contributed by atoms with Gasteiger partial charge in [-0.15, -0.1) is 12.4 Å². The zero-order chi connectivity index (χ0) is 13.3. The topological polar surface area (TPSA) is 58.4 Å². The number of carbonyl (C=O) groups is 1. The van der Waals surface area contributed by atoms with Crippen molar-refractivity contribution in [3.8, 4) is 0 Å². The summed E-state index contributed by atoms with van der Waals surface area (Å²) in [4.78, 5) is 14.2. The van der Waals surface area contributed by atoms with E-state index in [1.807, 2.05) is 32.6 Å². The van der Waals surface area contributed by atoms with Crippen molar-refractivity contribution in [3.05, 3.63) is 17.5 Å². The first kappa shape index (κ1) is 16.0. The van der Waals surface area contributed by atoms with Crippen molar-refractivity contribution >= 4 is 18.3 Å². The van der Waals surface area contributed by atoms with Crippen molar-refractivity contribution in [1.82, 2.24) is 15.4 Å². The van der Waals surface area contributed by atoms with Crippen LogP contribution < -0.4 is 5.32 Å². The minimum atomic E-state index is -0.124. The fourth-order valence-electron chi connectivity index (χ4n) is 2.02. The summed E-state index contributed by atoms with van der Waals surface area (Å²) < 4.78 is 5.26. The fourth-order valence-corrected chi connectivity index (χ4v) is 2.02. The quantitative estimate of drug-likeness (QED) is 0.856. The highest BCUT2D eigenvalue weighted by Gasteiger charge is 2.28. The molecular weight excluding hydrogens is 266 g/mol. The van der Waals surface area contributed by atoms with Gasteiger partial charge in [-0.2, -0.15) is 0 Å². The van der Waals surface area contributed by atoms with Gasteiger partial charge in [0.2, 0.25) is 0 Å². The minimum Gasteiger partial charge on any atom is -0.360 e. The minimum absolute atomic E-state index is 0. The molecule has 0 aliphatic carbocycles. The fraction of sp³-hybridized carbons (Fsp3) is 0.692. The lowest BCUT2D eigenvalue weighted by molar-refractivity contribution is 0.0645. The molecule has 2 rings (SSSR count). The van der Waals surface area contributed by atoms with E-state index in [1.165, 1.54) is 0 Å². The second-order valence-corrected chi connectivity index (χ2v) is 5.88. The van der Waals surface area contributed by atoms with E-state index in [9.17, 15) is 4.79 Å². The molecule has 1 N–H and O–H groups in total. The monoisotopic (exact) mass is 287 g/mol. The third kappa shape index (κ3) is 3.48. The highest BCUT2D eigenvalue weighted by Crippen LogP contribution is 2.23. The molecule has 2 heterocycles. The van der Waals surface area contributed by atoms with Gasteiger partial charge < -0.3 is 14.7 Å². The summed E-state index contributed by atoms with van der Waals surface area (Å²) in [7, 11) is 0. The molecule has 108 valence electrons. The summed E-state index contributed by atoms with van der Waals surface area (Å²) in [5.74, 6) is 0.705. The number of rotatable bonds is 1. The van der Waals surface area contributed by atoms with Crippen molar-refractivity contribution in [1.29, 1.82) is 0 Å².